The standard InChI is InChI=1S/C27H25N3O3S/c31-27(23-16-28-15-19-9-12-29-26(19)23)30-13-10-18(11-14-30)25-21-6-2-1-5-20(21)17-34(32,33)24-8-4-3-7-22(24)25/h1-9,12,15-16,18,25,29H,10-11,13-14,17H2. The monoisotopic (exact) mass is 471 g/mol. The number of carbonyl (C=O) groups is 1. The predicted molar refractivity (Wildman–Crippen MR) is 130 cm³/mol. The van der Waals surface area contributed by atoms with Gasteiger partial charge < -0.3 is 9.88 Å². The maximum absolute atomic E-state index is 13.3. The maximum Gasteiger partial charge on any atom is 0.257 e. The number of nitrogens with one attached hydrogen (secondary N) is 1. The molecule has 2 aliphatic heterocycles. The Balaban J connectivity index is 1.32. The van der Waals surface area contributed by atoms with Crippen molar-refractivity contribution >= 4 is 26.6 Å². The van der Waals surface area contributed by atoms with Crippen molar-refractivity contribution in [1.29, 1.82) is 0 Å². The van der Waals surface area contributed by atoms with Crippen LogP contribution in [-0.2, 0) is 15.6 Å². The van der Waals surface area contributed by atoms with Crippen LogP contribution in [0.3, 0.4) is 0 Å². The van der Waals surface area contributed by atoms with Gasteiger partial charge in [-0.2, -0.15) is 0 Å². The van der Waals surface area contributed by atoms with Gasteiger partial charge in [-0.05, 0) is 47.6 Å². The summed E-state index contributed by atoms with van der Waals surface area (Å²) in [5, 5.41) is 0.925. The molecule has 172 valence electrons. The van der Waals surface area contributed by atoms with Gasteiger partial charge in [0, 0.05) is 43.0 Å². The molecule has 4 aromatic rings. The fourth-order valence-electron chi connectivity index (χ4n) is 5.69. The minimum atomic E-state index is -3.41. The molecule has 1 fully saturated rings. The third kappa shape index (κ3) is 3.42. The van der Waals surface area contributed by atoms with E-state index in [1.165, 1.54) is 0 Å². The van der Waals surface area contributed by atoms with Crippen molar-refractivity contribution in [2.75, 3.05) is 13.1 Å². The van der Waals surface area contributed by atoms with E-state index in [1.807, 2.05) is 47.5 Å². The number of carbonyl (C=O) groups excluding carboxylic acids is 1. The second-order valence-corrected chi connectivity index (χ2v) is 11.2. The summed E-state index contributed by atoms with van der Waals surface area (Å²) in [5.41, 5.74) is 4.28. The van der Waals surface area contributed by atoms with Crippen LogP contribution >= 0.6 is 0 Å². The number of hydrogen-bond donors (Lipinski definition) is 1. The van der Waals surface area contributed by atoms with E-state index < -0.39 is 9.84 Å². The van der Waals surface area contributed by atoms with Gasteiger partial charge in [-0.3, -0.25) is 9.78 Å². The number of rotatable bonds is 2. The summed E-state index contributed by atoms with van der Waals surface area (Å²) in [5.74, 6) is 0.263. The fraction of sp³-hybridized carbons (Fsp3) is 0.259. The Morgan fingerprint density at radius 2 is 1.68 bits per heavy atom. The van der Waals surface area contributed by atoms with Gasteiger partial charge in [-0.15, -0.1) is 0 Å². The number of amides is 1. The molecule has 2 aromatic carbocycles. The van der Waals surface area contributed by atoms with Crippen molar-refractivity contribution in [2.45, 2.75) is 29.4 Å². The number of pyridine rings is 1. The lowest BCUT2D eigenvalue weighted by Crippen LogP contribution is -2.40. The summed E-state index contributed by atoms with van der Waals surface area (Å²) in [7, 11) is -3.41. The second kappa shape index (κ2) is 8.09. The zero-order valence-electron chi connectivity index (χ0n) is 18.6. The lowest BCUT2D eigenvalue weighted by atomic mass is 9.75. The van der Waals surface area contributed by atoms with Crippen molar-refractivity contribution in [3.63, 3.8) is 0 Å². The molecule has 1 atom stereocenters. The molecule has 7 heteroatoms. The van der Waals surface area contributed by atoms with Gasteiger partial charge >= 0.3 is 0 Å². The van der Waals surface area contributed by atoms with Crippen LogP contribution in [0.2, 0.25) is 0 Å². The van der Waals surface area contributed by atoms with E-state index in [1.54, 1.807) is 24.5 Å². The third-order valence-electron chi connectivity index (χ3n) is 7.32. The number of benzene rings is 2. The molecule has 4 heterocycles. The quantitative estimate of drug-likeness (QED) is 0.465. The van der Waals surface area contributed by atoms with Gasteiger partial charge in [-0.25, -0.2) is 8.42 Å². The highest BCUT2D eigenvalue weighted by atomic mass is 32.2. The molecule has 34 heavy (non-hydrogen) atoms. The van der Waals surface area contributed by atoms with E-state index in [-0.39, 0.29) is 23.5 Å². The summed E-state index contributed by atoms with van der Waals surface area (Å²) < 4.78 is 26.4. The van der Waals surface area contributed by atoms with Crippen LogP contribution in [-0.4, -0.2) is 42.3 Å². The van der Waals surface area contributed by atoms with Gasteiger partial charge in [0.15, 0.2) is 9.84 Å². The van der Waals surface area contributed by atoms with E-state index in [2.05, 4.69) is 16.0 Å². The Hall–Kier alpha value is -3.45. The summed E-state index contributed by atoms with van der Waals surface area (Å²) >= 11 is 0. The zero-order valence-corrected chi connectivity index (χ0v) is 19.5. The molecule has 6 rings (SSSR count). The molecule has 0 spiro atoms. The van der Waals surface area contributed by atoms with Gasteiger partial charge in [0.1, 0.15) is 0 Å². The lowest BCUT2D eigenvalue weighted by molar-refractivity contribution is 0.0684. The van der Waals surface area contributed by atoms with Crippen molar-refractivity contribution in [2.24, 2.45) is 5.92 Å². The van der Waals surface area contributed by atoms with E-state index in [4.69, 9.17) is 0 Å². The van der Waals surface area contributed by atoms with Crippen LogP contribution in [0.1, 0.15) is 45.8 Å². The molecule has 1 amide bonds. The Morgan fingerprint density at radius 1 is 0.941 bits per heavy atom. The minimum absolute atomic E-state index is 0.00423. The number of nitrogens with zero attached hydrogens (tertiary/aromatic N) is 2. The lowest BCUT2D eigenvalue weighted by Gasteiger charge is -2.37. The van der Waals surface area contributed by atoms with Crippen LogP contribution in [0.4, 0.5) is 0 Å². The van der Waals surface area contributed by atoms with Crippen molar-refractivity contribution in [1.82, 2.24) is 14.9 Å². The molecule has 0 radical (unpaired) electrons. The number of hydrogen-bond acceptors (Lipinski definition) is 4. The average molecular weight is 472 g/mol. The van der Waals surface area contributed by atoms with Crippen LogP contribution in [0.25, 0.3) is 10.9 Å². The number of aromatic nitrogens is 2. The van der Waals surface area contributed by atoms with E-state index in [0.29, 0.717) is 23.5 Å². The average Bonchev–Trinajstić information content (AvgIpc) is 3.31. The van der Waals surface area contributed by atoms with E-state index in [9.17, 15) is 13.2 Å². The highest BCUT2D eigenvalue weighted by Gasteiger charge is 2.37. The SMILES string of the molecule is O=C(c1cncc2cc[nH]c12)N1CCC(C2c3ccccc3CS(=O)(=O)c3ccccc32)CC1. The largest absolute Gasteiger partial charge is 0.360 e. The van der Waals surface area contributed by atoms with E-state index >= 15 is 0 Å². The molecule has 6 nitrogen and oxygen atoms in total. The molecule has 1 N–H and O–H groups in total. The van der Waals surface area contributed by atoms with Crippen molar-refractivity contribution < 1.29 is 13.2 Å². The van der Waals surface area contributed by atoms with E-state index in [0.717, 1.165) is 40.4 Å². The van der Waals surface area contributed by atoms with Crippen LogP contribution in [0.5, 0.6) is 0 Å². The molecule has 0 aliphatic carbocycles. The van der Waals surface area contributed by atoms with Gasteiger partial charge in [0.25, 0.3) is 5.91 Å². The number of piperidine rings is 1. The second-order valence-electron chi connectivity index (χ2n) is 9.23. The number of H-pyrrole nitrogens is 1. The number of aromatic amines is 1. The normalized spacial score (nSPS) is 19.9. The van der Waals surface area contributed by atoms with Gasteiger partial charge in [0.2, 0.25) is 0 Å². The zero-order chi connectivity index (χ0) is 23.3. The molecule has 1 unspecified atom stereocenters. The molecule has 2 aromatic heterocycles. The highest BCUT2D eigenvalue weighted by molar-refractivity contribution is 7.90. The van der Waals surface area contributed by atoms with Crippen molar-refractivity contribution in [3.05, 3.63) is 95.4 Å². The fourth-order valence-corrected chi connectivity index (χ4v) is 7.36. The van der Waals surface area contributed by atoms with Gasteiger partial charge in [-0.1, -0.05) is 42.5 Å². The number of sulfone groups is 1. The molecule has 1 saturated heterocycles. The third-order valence-corrected chi connectivity index (χ3v) is 9.05. The maximum atomic E-state index is 13.3. The first-order valence-corrected chi connectivity index (χ1v) is 13.3. The predicted octanol–water partition coefficient (Wildman–Crippen LogP) is 4.53. The first kappa shape index (κ1) is 21.1. The van der Waals surface area contributed by atoms with Crippen molar-refractivity contribution in [3.8, 4) is 0 Å². The molecule has 2 aliphatic rings. The molecule has 0 bridgehead atoms. The topological polar surface area (TPSA) is 83.1 Å². The van der Waals surface area contributed by atoms with Crippen LogP contribution < -0.4 is 0 Å². The number of fused-ring (bicyclic) bond motifs is 3. The Kier molecular flexibility index (Phi) is 5.03. The molecule has 0 saturated carbocycles. The molecular formula is C27H25N3O3S. The van der Waals surface area contributed by atoms with Gasteiger partial charge in [0.05, 0.1) is 21.7 Å². The molecular weight excluding hydrogens is 446 g/mol. The Labute approximate surface area is 198 Å². The summed E-state index contributed by atoms with van der Waals surface area (Å²) in [4.78, 5) is 23.1. The minimum Gasteiger partial charge on any atom is -0.360 e. The summed E-state index contributed by atoms with van der Waals surface area (Å²) in [6, 6.07) is 17.3. The Morgan fingerprint density at radius 3 is 2.50 bits per heavy atom. The summed E-state index contributed by atoms with van der Waals surface area (Å²) in [6.07, 6.45) is 6.84. The van der Waals surface area contributed by atoms with Crippen LogP contribution in [0, 0.1) is 5.92 Å². The van der Waals surface area contributed by atoms with Crippen LogP contribution in [0.15, 0.2) is 78.1 Å². The smallest absolute Gasteiger partial charge is 0.257 e. The highest BCUT2D eigenvalue weighted by Crippen LogP contribution is 2.44. The number of likely N-dealkylation sites (tertiary alicyclic amines) is 1. The first-order valence-electron chi connectivity index (χ1n) is 11.6. The Bertz CT molecular complexity index is 1500. The first-order chi connectivity index (χ1) is 16.5. The summed E-state index contributed by atoms with van der Waals surface area (Å²) in [6.45, 7) is 1.27.